The number of carbonyl (C=O) groups excluding carboxylic acids is 1. The molecule has 0 fully saturated rings. The molecule has 3 aromatic carbocycles. The second-order valence-electron chi connectivity index (χ2n) is 9.16. The zero-order valence-corrected chi connectivity index (χ0v) is 22.7. The minimum absolute atomic E-state index is 0.0259. The summed E-state index contributed by atoms with van der Waals surface area (Å²) >= 11 is 0. The number of hydrogen-bond donors (Lipinski definition) is 1. The van der Waals surface area contributed by atoms with Gasteiger partial charge >= 0.3 is 0 Å². The molecule has 3 aromatic rings. The van der Waals surface area contributed by atoms with Crippen molar-refractivity contribution < 1.29 is 28.5 Å². The molecule has 1 heterocycles. The Balaban J connectivity index is 1.57. The molecule has 0 spiro atoms. The van der Waals surface area contributed by atoms with E-state index in [0.29, 0.717) is 36.0 Å². The zero-order valence-electron chi connectivity index (χ0n) is 22.7. The van der Waals surface area contributed by atoms with Crippen molar-refractivity contribution in [3.8, 4) is 28.7 Å². The topological polar surface area (TPSA) is 78.5 Å². The van der Waals surface area contributed by atoms with Crippen molar-refractivity contribution in [1.82, 2.24) is 10.2 Å². The van der Waals surface area contributed by atoms with Crippen molar-refractivity contribution in [3.05, 3.63) is 76.9 Å². The summed E-state index contributed by atoms with van der Waals surface area (Å²) in [6.45, 7) is 1.48. The Bertz CT molecular complexity index is 1240. The highest BCUT2D eigenvalue weighted by Crippen LogP contribution is 2.40. The Kier molecular flexibility index (Phi) is 8.97. The van der Waals surface area contributed by atoms with Crippen LogP contribution in [0, 0.1) is 0 Å². The molecule has 0 aromatic heterocycles. The summed E-state index contributed by atoms with van der Waals surface area (Å²) in [4.78, 5) is 15.3. The van der Waals surface area contributed by atoms with Gasteiger partial charge < -0.3 is 29.0 Å². The van der Waals surface area contributed by atoms with Gasteiger partial charge in [0.05, 0.1) is 42.1 Å². The standard InChI is InChI=1S/C30H36N2O6/c1-34-23-9-6-20(7-10-23)18-31-30(33)19-32-13-12-22-16-28(37-4)29(38-5)17-24(22)25(32)14-21-8-11-26(35-2)27(15-21)36-3/h6-11,15-17,25H,12-14,18-19H2,1-5H3,(H,31,33). The zero-order chi connectivity index (χ0) is 27.1. The van der Waals surface area contributed by atoms with Gasteiger partial charge in [-0.1, -0.05) is 18.2 Å². The molecule has 0 saturated carbocycles. The van der Waals surface area contributed by atoms with Gasteiger partial charge in [0.15, 0.2) is 23.0 Å². The van der Waals surface area contributed by atoms with Gasteiger partial charge in [0.2, 0.25) is 5.91 Å². The van der Waals surface area contributed by atoms with Gasteiger partial charge in [-0.3, -0.25) is 9.69 Å². The van der Waals surface area contributed by atoms with E-state index in [4.69, 9.17) is 23.7 Å². The molecular weight excluding hydrogens is 484 g/mol. The van der Waals surface area contributed by atoms with Gasteiger partial charge in [-0.25, -0.2) is 0 Å². The molecule has 1 aliphatic heterocycles. The summed E-state index contributed by atoms with van der Waals surface area (Å²) < 4.78 is 27.3. The number of hydrogen-bond acceptors (Lipinski definition) is 7. The van der Waals surface area contributed by atoms with Crippen LogP contribution in [0.25, 0.3) is 0 Å². The lowest BCUT2D eigenvalue weighted by Gasteiger charge is -2.37. The summed E-state index contributed by atoms with van der Waals surface area (Å²) in [5, 5.41) is 3.06. The number of nitrogens with one attached hydrogen (secondary N) is 1. The van der Waals surface area contributed by atoms with Crippen molar-refractivity contribution in [2.75, 3.05) is 48.6 Å². The van der Waals surface area contributed by atoms with Crippen LogP contribution in [0.2, 0.25) is 0 Å². The van der Waals surface area contributed by atoms with Crippen LogP contribution in [0.1, 0.15) is 28.3 Å². The van der Waals surface area contributed by atoms with Gasteiger partial charge in [0.25, 0.3) is 0 Å². The molecule has 0 radical (unpaired) electrons. The number of ether oxygens (including phenoxy) is 5. The number of carbonyl (C=O) groups is 1. The minimum atomic E-state index is -0.0385. The molecular formula is C30H36N2O6. The molecule has 38 heavy (non-hydrogen) atoms. The predicted molar refractivity (Wildman–Crippen MR) is 146 cm³/mol. The molecule has 4 rings (SSSR count). The minimum Gasteiger partial charge on any atom is -0.497 e. The van der Waals surface area contributed by atoms with Crippen molar-refractivity contribution in [2.24, 2.45) is 0 Å². The first kappa shape index (κ1) is 27.1. The van der Waals surface area contributed by atoms with Crippen molar-refractivity contribution in [1.29, 1.82) is 0 Å². The largest absolute Gasteiger partial charge is 0.497 e. The SMILES string of the molecule is COc1ccc(CNC(=O)CN2CCc3cc(OC)c(OC)cc3C2Cc2ccc(OC)c(OC)c2)cc1. The maximum absolute atomic E-state index is 13.1. The first-order valence-electron chi connectivity index (χ1n) is 12.6. The van der Waals surface area contributed by atoms with Gasteiger partial charge in [0, 0.05) is 19.1 Å². The van der Waals surface area contributed by atoms with Crippen LogP contribution in [0.15, 0.2) is 54.6 Å². The summed E-state index contributed by atoms with van der Waals surface area (Å²) in [5.74, 6) is 3.51. The van der Waals surface area contributed by atoms with Crippen LogP contribution >= 0.6 is 0 Å². The summed E-state index contributed by atoms with van der Waals surface area (Å²) in [5.41, 5.74) is 4.43. The molecule has 1 aliphatic rings. The monoisotopic (exact) mass is 520 g/mol. The van der Waals surface area contributed by atoms with E-state index >= 15 is 0 Å². The quantitative estimate of drug-likeness (QED) is 0.406. The van der Waals surface area contributed by atoms with Crippen molar-refractivity contribution >= 4 is 5.91 Å². The first-order valence-corrected chi connectivity index (χ1v) is 12.6. The summed E-state index contributed by atoms with van der Waals surface area (Å²) in [6, 6.07) is 17.7. The highest BCUT2D eigenvalue weighted by Gasteiger charge is 2.31. The molecule has 1 atom stereocenters. The second kappa shape index (κ2) is 12.6. The second-order valence-corrected chi connectivity index (χ2v) is 9.16. The lowest BCUT2D eigenvalue weighted by atomic mass is 9.88. The molecule has 0 saturated heterocycles. The highest BCUT2D eigenvalue weighted by atomic mass is 16.5. The summed E-state index contributed by atoms with van der Waals surface area (Å²) in [6.07, 6.45) is 1.50. The van der Waals surface area contributed by atoms with E-state index in [0.717, 1.165) is 35.4 Å². The van der Waals surface area contributed by atoms with E-state index in [-0.39, 0.29) is 18.5 Å². The Morgan fingerprint density at radius 1 is 0.789 bits per heavy atom. The highest BCUT2D eigenvalue weighted by molar-refractivity contribution is 5.78. The molecule has 0 aliphatic carbocycles. The fraction of sp³-hybridized carbons (Fsp3) is 0.367. The normalized spacial score (nSPS) is 14.8. The first-order chi connectivity index (χ1) is 18.5. The van der Waals surface area contributed by atoms with Crippen molar-refractivity contribution in [2.45, 2.75) is 25.4 Å². The average Bonchev–Trinajstić information content (AvgIpc) is 2.96. The number of rotatable bonds is 11. The fourth-order valence-corrected chi connectivity index (χ4v) is 4.92. The lowest BCUT2D eigenvalue weighted by molar-refractivity contribution is -0.123. The summed E-state index contributed by atoms with van der Waals surface area (Å²) in [7, 11) is 8.18. The molecule has 1 unspecified atom stereocenters. The Morgan fingerprint density at radius 3 is 2.08 bits per heavy atom. The maximum Gasteiger partial charge on any atom is 0.234 e. The average molecular weight is 521 g/mol. The van der Waals surface area contributed by atoms with E-state index in [9.17, 15) is 4.79 Å². The van der Waals surface area contributed by atoms with Gasteiger partial charge in [-0.15, -0.1) is 0 Å². The maximum atomic E-state index is 13.1. The third-order valence-electron chi connectivity index (χ3n) is 6.99. The lowest BCUT2D eigenvalue weighted by Crippen LogP contribution is -2.43. The Morgan fingerprint density at radius 2 is 1.42 bits per heavy atom. The smallest absolute Gasteiger partial charge is 0.234 e. The molecule has 1 amide bonds. The van der Waals surface area contributed by atoms with Crippen molar-refractivity contribution in [3.63, 3.8) is 0 Å². The molecule has 0 bridgehead atoms. The van der Waals surface area contributed by atoms with E-state index in [1.165, 1.54) is 5.56 Å². The molecule has 8 nitrogen and oxygen atoms in total. The third-order valence-corrected chi connectivity index (χ3v) is 6.99. The molecule has 202 valence electrons. The van der Waals surface area contributed by atoms with Crippen LogP contribution in [-0.2, 0) is 24.2 Å². The van der Waals surface area contributed by atoms with Crippen LogP contribution in [-0.4, -0.2) is 59.4 Å². The van der Waals surface area contributed by atoms with E-state index < -0.39 is 0 Å². The number of fused-ring (bicyclic) bond motifs is 1. The van der Waals surface area contributed by atoms with Gasteiger partial charge in [-0.2, -0.15) is 0 Å². The number of benzene rings is 3. The van der Waals surface area contributed by atoms with E-state index in [1.54, 1.807) is 35.5 Å². The Labute approximate surface area is 224 Å². The molecule has 1 N–H and O–H groups in total. The van der Waals surface area contributed by atoms with Crippen LogP contribution in [0.5, 0.6) is 28.7 Å². The number of amides is 1. The number of nitrogens with zero attached hydrogens (tertiary/aromatic N) is 1. The van der Waals surface area contributed by atoms with E-state index in [2.05, 4.69) is 16.3 Å². The van der Waals surface area contributed by atoms with E-state index in [1.807, 2.05) is 48.5 Å². The van der Waals surface area contributed by atoms with Crippen LogP contribution in [0.3, 0.4) is 0 Å². The van der Waals surface area contributed by atoms with Gasteiger partial charge in [0.1, 0.15) is 5.75 Å². The number of methoxy groups -OCH3 is 5. The fourth-order valence-electron chi connectivity index (χ4n) is 4.92. The van der Waals surface area contributed by atoms with Crippen LogP contribution in [0.4, 0.5) is 0 Å². The predicted octanol–water partition coefficient (Wildman–Crippen LogP) is 4.19. The Hall–Kier alpha value is -3.91. The van der Waals surface area contributed by atoms with Crippen LogP contribution < -0.4 is 29.0 Å². The molecule has 8 heteroatoms. The third kappa shape index (κ3) is 6.14. The van der Waals surface area contributed by atoms with Gasteiger partial charge in [-0.05, 0) is 71.5 Å².